The third-order valence-electron chi connectivity index (χ3n) is 3.58. The first-order valence-corrected chi connectivity index (χ1v) is 6.30. The molecule has 1 heterocycles. The van der Waals surface area contributed by atoms with Gasteiger partial charge >= 0.3 is 5.97 Å². The highest BCUT2D eigenvalue weighted by atomic mass is 16.4. The first-order valence-electron chi connectivity index (χ1n) is 6.30. The van der Waals surface area contributed by atoms with Gasteiger partial charge < -0.3 is 10.2 Å². The van der Waals surface area contributed by atoms with E-state index in [2.05, 4.69) is 17.0 Å². The van der Waals surface area contributed by atoms with Gasteiger partial charge in [0, 0.05) is 26.2 Å². The molecule has 0 aliphatic carbocycles. The Bertz CT molecular complexity index is 393. The van der Waals surface area contributed by atoms with Crippen molar-refractivity contribution in [2.24, 2.45) is 11.8 Å². The van der Waals surface area contributed by atoms with Crippen LogP contribution in [0.3, 0.4) is 0 Å². The summed E-state index contributed by atoms with van der Waals surface area (Å²) in [6.45, 7) is 2.18. The molecule has 1 aromatic rings. The van der Waals surface area contributed by atoms with Gasteiger partial charge in [-0.15, -0.1) is 0 Å². The van der Waals surface area contributed by atoms with Crippen molar-refractivity contribution >= 4 is 5.97 Å². The molecule has 18 heavy (non-hydrogen) atoms. The molecular weight excluding hydrogens is 230 g/mol. The number of hydrogen-bond donors (Lipinski definition) is 2. The summed E-state index contributed by atoms with van der Waals surface area (Å²) in [5.74, 6) is -1.03. The second kappa shape index (κ2) is 5.98. The number of nitrogens with zero attached hydrogens (tertiary/aromatic N) is 1. The van der Waals surface area contributed by atoms with Crippen molar-refractivity contribution in [1.29, 1.82) is 0 Å². The Balaban J connectivity index is 1.98. The summed E-state index contributed by atoms with van der Waals surface area (Å²) in [6, 6.07) is 10.1. The lowest BCUT2D eigenvalue weighted by Crippen LogP contribution is -2.23. The number of rotatable bonds is 5. The van der Waals surface area contributed by atoms with E-state index in [9.17, 15) is 9.90 Å². The van der Waals surface area contributed by atoms with E-state index in [0.29, 0.717) is 13.0 Å². The van der Waals surface area contributed by atoms with Crippen LogP contribution in [0.15, 0.2) is 30.3 Å². The smallest absolute Gasteiger partial charge is 0.308 e. The lowest BCUT2D eigenvalue weighted by atomic mass is 9.93. The number of carbonyl (C=O) groups is 1. The summed E-state index contributed by atoms with van der Waals surface area (Å²) >= 11 is 0. The van der Waals surface area contributed by atoms with Gasteiger partial charge in [-0.3, -0.25) is 9.69 Å². The van der Waals surface area contributed by atoms with Crippen LogP contribution in [0.25, 0.3) is 0 Å². The second-order valence-electron chi connectivity index (χ2n) is 4.90. The first kappa shape index (κ1) is 13.1. The number of carboxylic acid groups (broad SMARTS) is 1. The molecule has 2 rings (SSSR count). The van der Waals surface area contributed by atoms with Crippen molar-refractivity contribution in [3.63, 3.8) is 0 Å². The van der Waals surface area contributed by atoms with Gasteiger partial charge in [0.15, 0.2) is 0 Å². The molecule has 1 aromatic carbocycles. The third-order valence-corrected chi connectivity index (χ3v) is 3.58. The number of hydrogen-bond acceptors (Lipinski definition) is 3. The molecule has 98 valence electrons. The van der Waals surface area contributed by atoms with E-state index < -0.39 is 5.97 Å². The molecule has 0 amide bonds. The van der Waals surface area contributed by atoms with E-state index in [4.69, 9.17) is 5.11 Å². The van der Waals surface area contributed by atoms with E-state index in [1.54, 1.807) is 0 Å². The zero-order valence-corrected chi connectivity index (χ0v) is 10.3. The number of aliphatic hydroxyl groups excluding tert-OH is 1. The van der Waals surface area contributed by atoms with E-state index in [1.807, 2.05) is 18.2 Å². The van der Waals surface area contributed by atoms with Crippen LogP contribution in [-0.2, 0) is 11.3 Å². The van der Waals surface area contributed by atoms with Crippen molar-refractivity contribution < 1.29 is 15.0 Å². The molecule has 2 unspecified atom stereocenters. The van der Waals surface area contributed by atoms with Gasteiger partial charge in [0.1, 0.15) is 0 Å². The van der Waals surface area contributed by atoms with Gasteiger partial charge in [-0.1, -0.05) is 30.3 Å². The molecule has 0 bridgehead atoms. The average Bonchev–Trinajstić information content (AvgIpc) is 2.74. The summed E-state index contributed by atoms with van der Waals surface area (Å²) in [7, 11) is 0. The summed E-state index contributed by atoms with van der Waals surface area (Å²) in [5, 5.41) is 18.2. The Hall–Kier alpha value is -1.39. The molecular formula is C14H19NO3. The van der Waals surface area contributed by atoms with E-state index in [-0.39, 0.29) is 18.4 Å². The van der Waals surface area contributed by atoms with Crippen LogP contribution in [0.1, 0.15) is 12.0 Å². The predicted molar refractivity (Wildman–Crippen MR) is 68.0 cm³/mol. The zero-order chi connectivity index (χ0) is 13.0. The van der Waals surface area contributed by atoms with Crippen molar-refractivity contribution in [2.75, 3.05) is 19.7 Å². The number of benzene rings is 1. The van der Waals surface area contributed by atoms with Gasteiger partial charge in [-0.2, -0.15) is 0 Å². The average molecular weight is 249 g/mol. The fraction of sp³-hybridized carbons (Fsp3) is 0.500. The van der Waals surface area contributed by atoms with Crippen molar-refractivity contribution in [1.82, 2.24) is 4.90 Å². The maximum atomic E-state index is 11.2. The normalized spacial score (nSPS) is 24.3. The molecule has 1 aliphatic rings. The van der Waals surface area contributed by atoms with E-state index in [1.165, 1.54) is 5.56 Å². The molecule has 0 spiro atoms. The molecule has 4 heteroatoms. The van der Waals surface area contributed by atoms with Crippen LogP contribution in [0, 0.1) is 11.8 Å². The van der Waals surface area contributed by atoms with Gasteiger partial charge in [-0.25, -0.2) is 0 Å². The molecule has 2 N–H and O–H groups in total. The highest BCUT2D eigenvalue weighted by molar-refractivity contribution is 5.71. The Morgan fingerprint density at radius 1 is 1.28 bits per heavy atom. The SMILES string of the molecule is O=C(O)C1CN(Cc2ccccc2)CC1CCO. The lowest BCUT2D eigenvalue weighted by Gasteiger charge is -2.15. The molecule has 0 aromatic heterocycles. The summed E-state index contributed by atoms with van der Waals surface area (Å²) in [4.78, 5) is 13.3. The van der Waals surface area contributed by atoms with Crippen molar-refractivity contribution in [3.8, 4) is 0 Å². The summed E-state index contributed by atoms with van der Waals surface area (Å²) < 4.78 is 0. The highest BCUT2D eigenvalue weighted by Gasteiger charge is 2.36. The third kappa shape index (κ3) is 3.09. The van der Waals surface area contributed by atoms with Crippen LogP contribution in [0.2, 0.25) is 0 Å². The van der Waals surface area contributed by atoms with Gasteiger partial charge in [0.25, 0.3) is 0 Å². The maximum absolute atomic E-state index is 11.2. The standard InChI is InChI=1S/C14H19NO3/c16-7-6-12-9-15(10-13(12)14(17)18)8-11-4-2-1-3-5-11/h1-5,12-13,16H,6-10H2,(H,17,18). The molecule has 4 nitrogen and oxygen atoms in total. The minimum atomic E-state index is -0.746. The van der Waals surface area contributed by atoms with Crippen LogP contribution >= 0.6 is 0 Å². The van der Waals surface area contributed by atoms with Gasteiger partial charge in [0.2, 0.25) is 0 Å². The van der Waals surface area contributed by atoms with Gasteiger partial charge in [-0.05, 0) is 17.9 Å². The van der Waals surface area contributed by atoms with Crippen LogP contribution in [0.5, 0.6) is 0 Å². The van der Waals surface area contributed by atoms with Crippen LogP contribution in [0.4, 0.5) is 0 Å². The Morgan fingerprint density at radius 2 is 2.00 bits per heavy atom. The molecule has 2 atom stereocenters. The monoisotopic (exact) mass is 249 g/mol. The fourth-order valence-electron chi connectivity index (χ4n) is 2.67. The minimum Gasteiger partial charge on any atom is -0.481 e. The quantitative estimate of drug-likeness (QED) is 0.823. The Kier molecular flexibility index (Phi) is 4.33. The molecule has 1 aliphatic heterocycles. The number of aliphatic carboxylic acids is 1. The maximum Gasteiger partial charge on any atom is 0.308 e. The van der Waals surface area contributed by atoms with E-state index >= 15 is 0 Å². The topological polar surface area (TPSA) is 60.8 Å². The van der Waals surface area contributed by atoms with Gasteiger partial charge in [0.05, 0.1) is 5.92 Å². The first-order chi connectivity index (χ1) is 8.70. The summed E-state index contributed by atoms with van der Waals surface area (Å²) in [5.41, 5.74) is 1.20. The number of carboxylic acids is 1. The molecule has 0 saturated carbocycles. The molecule has 0 radical (unpaired) electrons. The predicted octanol–water partition coefficient (Wildman–Crippen LogP) is 1.20. The van der Waals surface area contributed by atoms with Crippen molar-refractivity contribution in [3.05, 3.63) is 35.9 Å². The lowest BCUT2D eigenvalue weighted by molar-refractivity contribution is -0.142. The largest absolute Gasteiger partial charge is 0.481 e. The van der Waals surface area contributed by atoms with Crippen LogP contribution in [-0.4, -0.2) is 40.8 Å². The van der Waals surface area contributed by atoms with E-state index in [0.717, 1.165) is 13.1 Å². The summed E-state index contributed by atoms with van der Waals surface area (Å²) in [6.07, 6.45) is 0.572. The molecule has 1 saturated heterocycles. The van der Waals surface area contributed by atoms with Crippen LogP contribution < -0.4 is 0 Å². The number of likely N-dealkylation sites (tertiary alicyclic amines) is 1. The fourth-order valence-corrected chi connectivity index (χ4v) is 2.67. The Morgan fingerprint density at radius 3 is 2.61 bits per heavy atom. The van der Waals surface area contributed by atoms with Crippen molar-refractivity contribution in [2.45, 2.75) is 13.0 Å². The second-order valence-corrected chi connectivity index (χ2v) is 4.90. The Labute approximate surface area is 107 Å². The highest BCUT2D eigenvalue weighted by Crippen LogP contribution is 2.27. The molecule has 1 fully saturated rings. The zero-order valence-electron chi connectivity index (χ0n) is 10.3. The minimum absolute atomic E-state index is 0.0631. The number of aliphatic hydroxyl groups is 1.